The number of rotatable bonds is 3. The molecule has 0 unspecified atom stereocenters. The van der Waals surface area contributed by atoms with Gasteiger partial charge in [0.15, 0.2) is 0 Å². The first-order valence-corrected chi connectivity index (χ1v) is 6.18. The van der Waals surface area contributed by atoms with Crippen LogP contribution in [0.5, 0.6) is 0 Å². The lowest BCUT2D eigenvalue weighted by Crippen LogP contribution is -2.39. The molecule has 0 N–H and O–H groups in total. The molecule has 0 spiro atoms. The van der Waals surface area contributed by atoms with Gasteiger partial charge in [-0.1, -0.05) is 26.7 Å². The quantitative estimate of drug-likeness (QED) is 0.598. The third-order valence-electron chi connectivity index (χ3n) is 4.84. The largest absolute Gasteiger partial charge is 0.0654 e. The van der Waals surface area contributed by atoms with Gasteiger partial charge in [0.1, 0.15) is 0 Å². The molecule has 3 fully saturated rings. The molecular weight excluding hydrogens is 156 g/mol. The van der Waals surface area contributed by atoms with Crippen molar-refractivity contribution in [3.05, 3.63) is 0 Å². The van der Waals surface area contributed by atoms with E-state index in [1.54, 1.807) is 19.3 Å². The summed E-state index contributed by atoms with van der Waals surface area (Å²) in [5, 5.41) is 0. The van der Waals surface area contributed by atoms with E-state index in [0.717, 1.165) is 10.8 Å². The average molecular weight is 180 g/mol. The minimum absolute atomic E-state index is 0.758. The van der Waals surface area contributed by atoms with E-state index in [9.17, 15) is 0 Å². The van der Waals surface area contributed by atoms with Crippen molar-refractivity contribution < 1.29 is 0 Å². The van der Waals surface area contributed by atoms with Gasteiger partial charge in [0.25, 0.3) is 0 Å². The Morgan fingerprint density at radius 2 is 1.46 bits per heavy atom. The second kappa shape index (κ2) is 3.29. The van der Waals surface area contributed by atoms with Crippen LogP contribution in [0.2, 0.25) is 0 Å². The number of hydrogen-bond acceptors (Lipinski definition) is 0. The van der Waals surface area contributed by atoms with E-state index < -0.39 is 0 Å². The van der Waals surface area contributed by atoms with Gasteiger partial charge in [-0.2, -0.15) is 0 Å². The maximum Gasteiger partial charge on any atom is -0.0297 e. The van der Waals surface area contributed by atoms with Gasteiger partial charge in [0, 0.05) is 0 Å². The molecule has 0 aromatic heterocycles. The molecule has 76 valence electrons. The predicted molar refractivity (Wildman–Crippen MR) is 57.8 cm³/mol. The van der Waals surface area contributed by atoms with Crippen molar-refractivity contribution in [2.45, 2.75) is 71.6 Å². The van der Waals surface area contributed by atoms with Crippen LogP contribution in [0.3, 0.4) is 0 Å². The molecule has 3 aliphatic carbocycles. The Morgan fingerprint density at radius 1 is 0.923 bits per heavy atom. The van der Waals surface area contributed by atoms with Gasteiger partial charge in [-0.25, -0.2) is 0 Å². The highest BCUT2D eigenvalue weighted by atomic mass is 14.5. The summed E-state index contributed by atoms with van der Waals surface area (Å²) in [6.45, 7) is 4.84. The lowest BCUT2D eigenvalue weighted by Gasteiger charge is -2.52. The SMILES string of the molecule is CCCCC12CCC(C)(CC1)CC2. The van der Waals surface area contributed by atoms with Gasteiger partial charge < -0.3 is 0 Å². The first kappa shape index (κ1) is 9.55. The van der Waals surface area contributed by atoms with Crippen molar-refractivity contribution >= 4 is 0 Å². The van der Waals surface area contributed by atoms with E-state index in [2.05, 4.69) is 13.8 Å². The smallest absolute Gasteiger partial charge is 0.0297 e. The number of hydrogen-bond donors (Lipinski definition) is 0. The molecule has 3 saturated carbocycles. The molecular formula is C13H24. The highest BCUT2D eigenvalue weighted by Crippen LogP contribution is 2.58. The maximum absolute atomic E-state index is 2.51. The van der Waals surface area contributed by atoms with Crippen LogP contribution in [0.25, 0.3) is 0 Å². The first-order chi connectivity index (χ1) is 6.18. The molecule has 0 nitrogen and oxygen atoms in total. The minimum atomic E-state index is 0.758. The summed E-state index contributed by atoms with van der Waals surface area (Å²) in [7, 11) is 0. The summed E-state index contributed by atoms with van der Waals surface area (Å²) in [5.74, 6) is 0. The Kier molecular flexibility index (Phi) is 2.42. The number of unbranched alkanes of at least 4 members (excludes halogenated alkanes) is 1. The van der Waals surface area contributed by atoms with E-state index in [-0.39, 0.29) is 0 Å². The predicted octanol–water partition coefficient (Wildman–Crippen LogP) is 4.54. The molecule has 0 atom stereocenters. The topological polar surface area (TPSA) is 0 Å². The standard InChI is InChI=1S/C13H24/c1-3-4-5-13-9-6-12(2,7-10-13)8-11-13/h3-11H2,1-2H3. The summed E-state index contributed by atoms with van der Waals surface area (Å²) >= 11 is 0. The molecule has 0 aliphatic heterocycles. The molecule has 0 amide bonds. The van der Waals surface area contributed by atoms with Crippen LogP contribution in [0.1, 0.15) is 71.6 Å². The first-order valence-electron chi connectivity index (χ1n) is 6.18. The molecule has 3 rings (SSSR count). The fourth-order valence-corrected chi connectivity index (χ4v) is 3.38. The molecule has 13 heavy (non-hydrogen) atoms. The van der Waals surface area contributed by atoms with Gasteiger partial charge in [-0.3, -0.25) is 0 Å². The van der Waals surface area contributed by atoms with Gasteiger partial charge in [0.2, 0.25) is 0 Å². The molecule has 2 bridgehead atoms. The lowest BCUT2D eigenvalue weighted by molar-refractivity contribution is -0.00383. The monoisotopic (exact) mass is 180 g/mol. The van der Waals surface area contributed by atoms with Gasteiger partial charge in [0.05, 0.1) is 0 Å². The second-order valence-corrected chi connectivity index (χ2v) is 5.91. The summed E-state index contributed by atoms with van der Waals surface area (Å²) in [6.07, 6.45) is 13.6. The van der Waals surface area contributed by atoms with Gasteiger partial charge in [-0.15, -0.1) is 0 Å². The highest BCUT2D eigenvalue weighted by molar-refractivity contribution is 4.96. The number of fused-ring (bicyclic) bond motifs is 3. The van der Waals surface area contributed by atoms with E-state index in [0.29, 0.717) is 0 Å². The summed E-state index contributed by atoms with van der Waals surface area (Å²) < 4.78 is 0. The van der Waals surface area contributed by atoms with Crippen LogP contribution in [-0.2, 0) is 0 Å². The molecule has 3 aliphatic rings. The highest BCUT2D eigenvalue weighted by Gasteiger charge is 2.45. The maximum atomic E-state index is 2.51. The molecule has 0 heterocycles. The van der Waals surface area contributed by atoms with Crippen LogP contribution in [-0.4, -0.2) is 0 Å². The van der Waals surface area contributed by atoms with Crippen molar-refractivity contribution in [1.29, 1.82) is 0 Å². The van der Waals surface area contributed by atoms with Crippen LogP contribution in [0.4, 0.5) is 0 Å². The Labute approximate surface area is 83.1 Å². The third-order valence-corrected chi connectivity index (χ3v) is 4.84. The third kappa shape index (κ3) is 1.78. The van der Waals surface area contributed by atoms with Crippen LogP contribution >= 0.6 is 0 Å². The van der Waals surface area contributed by atoms with Crippen LogP contribution in [0, 0.1) is 10.8 Å². The van der Waals surface area contributed by atoms with E-state index in [1.807, 2.05) is 0 Å². The summed E-state index contributed by atoms with van der Waals surface area (Å²) in [6, 6.07) is 0. The molecule has 0 radical (unpaired) electrons. The molecule has 0 aromatic carbocycles. The Balaban J connectivity index is 1.95. The molecule has 0 aromatic rings. The zero-order valence-electron chi connectivity index (χ0n) is 9.36. The average Bonchev–Trinajstić information content (AvgIpc) is 2.18. The molecule has 0 saturated heterocycles. The second-order valence-electron chi connectivity index (χ2n) is 5.91. The van der Waals surface area contributed by atoms with Crippen molar-refractivity contribution in [2.75, 3.05) is 0 Å². The normalized spacial score (nSPS) is 43.8. The summed E-state index contributed by atoms with van der Waals surface area (Å²) in [5.41, 5.74) is 1.57. The van der Waals surface area contributed by atoms with E-state index in [1.165, 1.54) is 38.5 Å². The molecule has 0 heteroatoms. The zero-order chi connectivity index (χ0) is 9.36. The van der Waals surface area contributed by atoms with Gasteiger partial charge in [-0.05, 0) is 55.8 Å². The van der Waals surface area contributed by atoms with E-state index in [4.69, 9.17) is 0 Å². The Bertz CT molecular complexity index is 150. The Morgan fingerprint density at radius 3 is 1.92 bits per heavy atom. The van der Waals surface area contributed by atoms with Crippen LogP contribution < -0.4 is 0 Å². The summed E-state index contributed by atoms with van der Waals surface area (Å²) in [4.78, 5) is 0. The minimum Gasteiger partial charge on any atom is -0.0654 e. The van der Waals surface area contributed by atoms with Crippen molar-refractivity contribution in [1.82, 2.24) is 0 Å². The lowest BCUT2D eigenvalue weighted by atomic mass is 9.53. The van der Waals surface area contributed by atoms with Crippen LogP contribution in [0.15, 0.2) is 0 Å². The van der Waals surface area contributed by atoms with Crippen molar-refractivity contribution in [3.8, 4) is 0 Å². The Hall–Kier alpha value is 0. The van der Waals surface area contributed by atoms with Crippen molar-refractivity contribution in [2.24, 2.45) is 10.8 Å². The fraction of sp³-hybridized carbons (Fsp3) is 1.00. The van der Waals surface area contributed by atoms with Gasteiger partial charge >= 0.3 is 0 Å². The van der Waals surface area contributed by atoms with Crippen molar-refractivity contribution in [3.63, 3.8) is 0 Å². The fourth-order valence-electron chi connectivity index (χ4n) is 3.38. The van der Waals surface area contributed by atoms with E-state index >= 15 is 0 Å². The zero-order valence-corrected chi connectivity index (χ0v) is 9.36.